The van der Waals surface area contributed by atoms with Gasteiger partial charge in [0.15, 0.2) is 0 Å². The zero-order valence-corrected chi connectivity index (χ0v) is 12.0. The van der Waals surface area contributed by atoms with Crippen molar-refractivity contribution < 1.29 is 26.3 Å². The lowest BCUT2D eigenvalue weighted by Crippen LogP contribution is -2.48. The molecule has 8 heteroatoms. The van der Waals surface area contributed by atoms with Crippen LogP contribution in [0, 0.1) is 0 Å². The van der Waals surface area contributed by atoms with Crippen molar-refractivity contribution in [3.63, 3.8) is 0 Å². The van der Waals surface area contributed by atoms with Gasteiger partial charge in [-0.05, 0) is 12.8 Å². The van der Waals surface area contributed by atoms with Crippen molar-refractivity contribution in [3.05, 3.63) is 0 Å². The highest BCUT2D eigenvalue weighted by molar-refractivity contribution is 9.09. The van der Waals surface area contributed by atoms with Gasteiger partial charge in [0.05, 0.1) is 0 Å². The Bertz CT molecular complexity index is 214. The van der Waals surface area contributed by atoms with Crippen molar-refractivity contribution >= 4 is 15.9 Å². The van der Waals surface area contributed by atoms with Gasteiger partial charge in [0.2, 0.25) is 0 Å². The minimum atomic E-state index is -5.35. The summed E-state index contributed by atoms with van der Waals surface area (Å²) < 4.78 is 72.8. The van der Waals surface area contributed by atoms with Gasteiger partial charge in [-0.2, -0.15) is 26.3 Å². The van der Waals surface area contributed by atoms with E-state index in [2.05, 4.69) is 15.9 Å². The number of unbranched alkanes of at least 4 members (excludes halogenated alkanes) is 6. The molecule has 0 heterocycles. The van der Waals surface area contributed by atoms with Crippen LogP contribution in [-0.2, 0) is 0 Å². The van der Waals surface area contributed by atoms with E-state index in [1.165, 1.54) is 0 Å². The fraction of sp³-hybridized carbons (Fsp3) is 1.00. The Labute approximate surface area is 117 Å². The number of nitrogens with zero attached hydrogens (tertiary/aromatic N) is 1. The Morgan fingerprint density at radius 2 is 1.00 bits per heavy atom. The highest BCUT2D eigenvalue weighted by Crippen LogP contribution is 2.33. The van der Waals surface area contributed by atoms with E-state index in [-0.39, 0.29) is 6.42 Å². The first kappa shape index (κ1) is 19.0. The van der Waals surface area contributed by atoms with Crippen LogP contribution in [0.5, 0.6) is 0 Å². The summed E-state index contributed by atoms with van der Waals surface area (Å²) in [6.45, 7) is -1.02. The average molecular weight is 358 g/mol. The second kappa shape index (κ2) is 9.05. The van der Waals surface area contributed by atoms with Crippen LogP contribution in [0.1, 0.15) is 44.9 Å². The van der Waals surface area contributed by atoms with Gasteiger partial charge in [-0.25, -0.2) is 0 Å². The summed E-state index contributed by atoms with van der Waals surface area (Å²) in [5.41, 5.74) is 0. The third kappa shape index (κ3) is 9.54. The van der Waals surface area contributed by atoms with Gasteiger partial charge >= 0.3 is 12.6 Å². The highest BCUT2D eigenvalue weighted by Gasteiger charge is 2.53. The van der Waals surface area contributed by atoms with Crippen LogP contribution in [0.15, 0.2) is 0 Å². The van der Waals surface area contributed by atoms with Crippen LogP contribution in [0.4, 0.5) is 26.3 Å². The molecule has 0 aromatic carbocycles. The number of rotatable bonds is 9. The first-order chi connectivity index (χ1) is 8.69. The fourth-order valence-electron chi connectivity index (χ4n) is 1.65. The molecule has 116 valence electrons. The largest absolute Gasteiger partial charge is 0.467 e. The van der Waals surface area contributed by atoms with Crippen molar-refractivity contribution in [3.8, 4) is 0 Å². The lowest BCUT2D eigenvalue weighted by Gasteiger charge is -2.26. The first-order valence-corrected chi connectivity index (χ1v) is 7.29. The Balaban J connectivity index is 3.78. The highest BCUT2D eigenvalue weighted by atomic mass is 79.9. The maximum atomic E-state index is 12.1. The molecule has 0 atom stereocenters. The second-order valence-electron chi connectivity index (χ2n) is 4.25. The van der Waals surface area contributed by atoms with Crippen LogP contribution >= 0.6 is 15.9 Å². The molecule has 0 bridgehead atoms. The third-order valence-corrected chi connectivity index (χ3v) is 3.19. The maximum Gasteiger partial charge on any atom is 0.467 e. The molecule has 0 saturated carbocycles. The van der Waals surface area contributed by atoms with Gasteiger partial charge in [-0.15, -0.1) is 4.90 Å². The first-order valence-electron chi connectivity index (χ1n) is 6.16. The van der Waals surface area contributed by atoms with Gasteiger partial charge in [0.25, 0.3) is 0 Å². The van der Waals surface area contributed by atoms with E-state index in [9.17, 15) is 26.3 Å². The molecular weight excluding hydrogens is 340 g/mol. The van der Waals surface area contributed by atoms with Crippen molar-refractivity contribution in [2.24, 2.45) is 0 Å². The SMILES string of the molecule is FC(F)(F)N(CCCCCCCCCBr)C(F)(F)F. The molecule has 0 rings (SSSR count). The van der Waals surface area contributed by atoms with Crippen molar-refractivity contribution in [1.82, 2.24) is 4.90 Å². The van der Waals surface area contributed by atoms with Crippen LogP contribution in [0.3, 0.4) is 0 Å². The number of hydrogen-bond acceptors (Lipinski definition) is 1. The summed E-state index contributed by atoms with van der Waals surface area (Å²) in [7, 11) is 0. The molecule has 0 spiro atoms. The van der Waals surface area contributed by atoms with E-state index in [1.54, 1.807) is 0 Å². The molecular formula is C11H18BrF6N. The quantitative estimate of drug-likeness (QED) is 0.229. The molecule has 1 nitrogen and oxygen atoms in total. The summed E-state index contributed by atoms with van der Waals surface area (Å²) >= 11 is 3.28. The van der Waals surface area contributed by atoms with Crippen molar-refractivity contribution in [1.29, 1.82) is 0 Å². The number of alkyl halides is 7. The normalized spacial score (nSPS) is 13.3. The summed E-state index contributed by atoms with van der Waals surface area (Å²) in [6.07, 6.45) is -5.86. The van der Waals surface area contributed by atoms with E-state index >= 15 is 0 Å². The summed E-state index contributed by atoms with van der Waals surface area (Å²) in [5, 5.41) is 0.916. The number of halogens is 7. The fourth-order valence-corrected chi connectivity index (χ4v) is 2.04. The zero-order valence-electron chi connectivity index (χ0n) is 10.5. The minimum Gasteiger partial charge on any atom is -0.155 e. The second-order valence-corrected chi connectivity index (χ2v) is 5.04. The summed E-state index contributed by atoms with van der Waals surface area (Å²) in [5.74, 6) is 0. The van der Waals surface area contributed by atoms with Crippen LogP contribution in [-0.4, -0.2) is 29.4 Å². The summed E-state index contributed by atoms with van der Waals surface area (Å²) in [6, 6.07) is 0. The minimum absolute atomic E-state index is 0.0997. The Kier molecular flexibility index (Phi) is 9.06. The predicted octanol–water partition coefficient (Wildman–Crippen LogP) is 5.45. The molecule has 0 amide bonds. The molecule has 0 radical (unpaired) electrons. The van der Waals surface area contributed by atoms with Gasteiger partial charge < -0.3 is 0 Å². The van der Waals surface area contributed by atoms with E-state index in [0.717, 1.165) is 31.0 Å². The topological polar surface area (TPSA) is 3.24 Å². The predicted molar refractivity (Wildman–Crippen MR) is 64.9 cm³/mol. The third-order valence-electron chi connectivity index (χ3n) is 2.63. The monoisotopic (exact) mass is 357 g/mol. The van der Waals surface area contributed by atoms with Crippen molar-refractivity contribution in [2.45, 2.75) is 57.5 Å². The van der Waals surface area contributed by atoms with E-state index in [1.807, 2.05) is 0 Å². The van der Waals surface area contributed by atoms with E-state index in [0.29, 0.717) is 12.8 Å². The molecule has 19 heavy (non-hydrogen) atoms. The standard InChI is InChI=1S/C11H18BrF6N/c12-8-6-4-2-1-3-5-7-9-19(10(13,14)15)11(16,17)18/h1-9H2. The Morgan fingerprint density at radius 3 is 1.37 bits per heavy atom. The lowest BCUT2D eigenvalue weighted by molar-refractivity contribution is -0.372. The smallest absolute Gasteiger partial charge is 0.155 e. The van der Waals surface area contributed by atoms with Crippen LogP contribution in [0.25, 0.3) is 0 Å². The average Bonchev–Trinajstić information content (AvgIpc) is 2.23. The van der Waals surface area contributed by atoms with E-state index in [4.69, 9.17) is 0 Å². The lowest BCUT2D eigenvalue weighted by atomic mass is 10.1. The molecule has 0 saturated heterocycles. The van der Waals surface area contributed by atoms with E-state index < -0.39 is 24.0 Å². The molecule has 0 fully saturated rings. The Morgan fingerprint density at radius 1 is 0.632 bits per heavy atom. The molecule has 0 aliphatic carbocycles. The summed E-state index contributed by atoms with van der Waals surface area (Å²) in [4.78, 5) is -1.36. The van der Waals surface area contributed by atoms with Crippen LogP contribution in [0.2, 0.25) is 0 Å². The van der Waals surface area contributed by atoms with Gasteiger partial charge in [-0.1, -0.05) is 48.0 Å². The van der Waals surface area contributed by atoms with Crippen molar-refractivity contribution in [2.75, 3.05) is 11.9 Å². The molecule has 0 aromatic rings. The zero-order chi connectivity index (χ0) is 14.9. The molecule has 0 aliphatic heterocycles. The van der Waals surface area contributed by atoms with Gasteiger partial charge in [0.1, 0.15) is 0 Å². The van der Waals surface area contributed by atoms with Gasteiger partial charge in [0, 0.05) is 11.9 Å². The maximum absolute atomic E-state index is 12.1. The number of hydrogen-bond donors (Lipinski definition) is 0. The van der Waals surface area contributed by atoms with Crippen LogP contribution < -0.4 is 0 Å². The molecule has 0 N–H and O–H groups in total. The molecule has 0 aliphatic rings. The molecule has 0 unspecified atom stereocenters. The van der Waals surface area contributed by atoms with Gasteiger partial charge in [-0.3, -0.25) is 0 Å². The Hall–Kier alpha value is 0.0200. The molecule has 0 aromatic heterocycles.